The molecule has 7 heteroatoms. The second kappa shape index (κ2) is 9.73. The third kappa shape index (κ3) is 6.07. The van der Waals surface area contributed by atoms with Gasteiger partial charge in [0, 0.05) is 37.3 Å². The molecular formula is C22H26N4O3. The summed E-state index contributed by atoms with van der Waals surface area (Å²) in [5.41, 5.74) is 3.42. The summed E-state index contributed by atoms with van der Waals surface area (Å²) in [6.45, 7) is 4.75. The largest absolute Gasteiger partial charge is 0.383 e. The Morgan fingerprint density at radius 2 is 1.69 bits per heavy atom. The number of para-hydroxylation sites is 1. The zero-order valence-corrected chi connectivity index (χ0v) is 16.7. The molecule has 0 saturated carbocycles. The topological polar surface area (TPSA) is 83.0 Å². The first-order valence-corrected chi connectivity index (χ1v) is 9.71. The number of aryl methyl sites for hydroxylation is 1. The molecule has 152 valence electrons. The number of oxime groups is 1. The molecule has 1 atom stereocenters. The molecule has 7 nitrogen and oxygen atoms in total. The quantitative estimate of drug-likeness (QED) is 0.751. The van der Waals surface area contributed by atoms with Crippen molar-refractivity contribution in [1.82, 2.24) is 4.90 Å². The number of amides is 3. The van der Waals surface area contributed by atoms with E-state index in [0.29, 0.717) is 25.9 Å². The summed E-state index contributed by atoms with van der Waals surface area (Å²) >= 11 is 0. The molecule has 2 N–H and O–H groups in total. The van der Waals surface area contributed by atoms with Crippen LogP contribution in [0.5, 0.6) is 0 Å². The Morgan fingerprint density at radius 3 is 2.38 bits per heavy atom. The number of nitrogens with one attached hydrogen (secondary N) is 2. The maximum atomic E-state index is 12.3. The Morgan fingerprint density at radius 1 is 1.00 bits per heavy atom. The molecule has 2 aromatic carbocycles. The fraction of sp³-hybridized carbons (Fsp3) is 0.318. The fourth-order valence-electron chi connectivity index (χ4n) is 2.95. The normalized spacial score (nSPS) is 14.7. The first kappa shape index (κ1) is 20.4. The second-order valence-corrected chi connectivity index (χ2v) is 7.05. The minimum atomic E-state index is -0.706. The minimum Gasteiger partial charge on any atom is -0.383 e. The predicted molar refractivity (Wildman–Crippen MR) is 114 cm³/mol. The monoisotopic (exact) mass is 394 g/mol. The number of nitrogens with zero attached hydrogens (tertiary/aromatic N) is 2. The molecule has 0 bridgehead atoms. The predicted octanol–water partition coefficient (Wildman–Crippen LogP) is 4.02. The highest BCUT2D eigenvalue weighted by Gasteiger charge is 2.21. The van der Waals surface area contributed by atoms with E-state index in [4.69, 9.17) is 4.84 Å². The van der Waals surface area contributed by atoms with Crippen molar-refractivity contribution in [2.24, 2.45) is 5.16 Å². The summed E-state index contributed by atoms with van der Waals surface area (Å²) in [5, 5.41) is 9.84. The van der Waals surface area contributed by atoms with Gasteiger partial charge in [-0.05, 0) is 43.7 Å². The molecule has 1 unspecified atom stereocenters. The number of carbonyl (C=O) groups excluding carboxylic acids is 2. The van der Waals surface area contributed by atoms with E-state index in [0.717, 1.165) is 22.6 Å². The summed E-state index contributed by atoms with van der Waals surface area (Å²) in [6.07, 6.45) is 0.533. The van der Waals surface area contributed by atoms with Gasteiger partial charge in [0.2, 0.25) is 6.10 Å². The van der Waals surface area contributed by atoms with E-state index in [-0.39, 0.29) is 11.9 Å². The number of benzene rings is 2. The summed E-state index contributed by atoms with van der Waals surface area (Å²) in [6, 6.07) is 16.8. The van der Waals surface area contributed by atoms with Crippen molar-refractivity contribution in [1.29, 1.82) is 0 Å². The first-order chi connectivity index (χ1) is 14.0. The molecule has 1 fully saturated rings. The lowest BCUT2D eigenvalue weighted by Crippen LogP contribution is -2.41. The standard InChI is InChI=1S/C22H26N4O3/c1-16-7-6-10-20(15-16)23-21(27)17(2)29-25-19-11-13-26(14-12-19)22(28)24-18-8-4-3-5-9-18/h3-10,15,17H,11-14H2,1-2H3,(H,23,27)(H,24,28). The van der Waals surface area contributed by atoms with Crippen molar-refractivity contribution in [2.45, 2.75) is 32.8 Å². The Kier molecular flexibility index (Phi) is 6.84. The third-order valence-electron chi connectivity index (χ3n) is 4.65. The molecule has 3 rings (SSSR count). The number of hydrogen-bond donors (Lipinski definition) is 2. The lowest BCUT2D eigenvalue weighted by molar-refractivity contribution is -0.126. The van der Waals surface area contributed by atoms with E-state index in [9.17, 15) is 9.59 Å². The van der Waals surface area contributed by atoms with E-state index < -0.39 is 6.10 Å². The molecule has 1 heterocycles. The number of likely N-dealkylation sites (tertiary alicyclic amines) is 1. The maximum Gasteiger partial charge on any atom is 0.321 e. The van der Waals surface area contributed by atoms with Crippen LogP contribution in [-0.4, -0.2) is 41.7 Å². The van der Waals surface area contributed by atoms with Crippen molar-refractivity contribution >= 4 is 29.0 Å². The molecule has 1 aliphatic heterocycles. The van der Waals surface area contributed by atoms with Crippen LogP contribution in [0.25, 0.3) is 0 Å². The summed E-state index contributed by atoms with van der Waals surface area (Å²) in [7, 11) is 0. The van der Waals surface area contributed by atoms with Crippen molar-refractivity contribution in [3.8, 4) is 0 Å². The van der Waals surface area contributed by atoms with Gasteiger partial charge in [-0.2, -0.15) is 0 Å². The molecular weight excluding hydrogens is 368 g/mol. The minimum absolute atomic E-state index is 0.123. The first-order valence-electron chi connectivity index (χ1n) is 9.71. The van der Waals surface area contributed by atoms with Gasteiger partial charge in [-0.3, -0.25) is 4.79 Å². The Bertz CT molecular complexity index is 873. The van der Waals surface area contributed by atoms with Crippen LogP contribution in [0.1, 0.15) is 25.3 Å². The zero-order chi connectivity index (χ0) is 20.6. The van der Waals surface area contributed by atoms with E-state index >= 15 is 0 Å². The van der Waals surface area contributed by atoms with Crippen LogP contribution < -0.4 is 10.6 Å². The molecule has 29 heavy (non-hydrogen) atoms. The highest BCUT2D eigenvalue weighted by atomic mass is 16.6. The highest BCUT2D eigenvalue weighted by molar-refractivity contribution is 5.94. The maximum absolute atomic E-state index is 12.3. The van der Waals surface area contributed by atoms with Gasteiger partial charge in [0.05, 0.1) is 5.71 Å². The number of urea groups is 1. The smallest absolute Gasteiger partial charge is 0.321 e. The van der Waals surface area contributed by atoms with Gasteiger partial charge >= 0.3 is 6.03 Å². The SMILES string of the molecule is Cc1cccc(NC(=O)C(C)ON=C2CCN(C(=O)Nc3ccccc3)CC2)c1. The fourth-order valence-corrected chi connectivity index (χ4v) is 2.95. The molecule has 0 aliphatic carbocycles. The van der Waals surface area contributed by atoms with Crippen LogP contribution in [0.3, 0.4) is 0 Å². The van der Waals surface area contributed by atoms with Crippen LogP contribution in [0, 0.1) is 6.92 Å². The average Bonchev–Trinajstić information content (AvgIpc) is 2.73. The van der Waals surface area contributed by atoms with Crippen LogP contribution in [-0.2, 0) is 9.63 Å². The van der Waals surface area contributed by atoms with Crippen molar-refractivity contribution < 1.29 is 14.4 Å². The number of hydrogen-bond acceptors (Lipinski definition) is 4. The lowest BCUT2D eigenvalue weighted by atomic mass is 10.1. The van der Waals surface area contributed by atoms with Crippen molar-refractivity contribution in [3.05, 3.63) is 60.2 Å². The van der Waals surface area contributed by atoms with Gasteiger partial charge in [-0.15, -0.1) is 0 Å². The second-order valence-electron chi connectivity index (χ2n) is 7.05. The van der Waals surface area contributed by atoms with Crippen molar-refractivity contribution in [3.63, 3.8) is 0 Å². The highest BCUT2D eigenvalue weighted by Crippen LogP contribution is 2.13. The van der Waals surface area contributed by atoms with Gasteiger partial charge in [0.1, 0.15) is 0 Å². The van der Waals surface area contributed by atoms with E-state index in [1.54, 1.807) is 11.8 Å². The zero-order valence-electron chi connectivity index (χ0n) is 16.7. The van der Waals surface area contributed by atoms with E-state index in [2.05, 4.69) is 15.8 Å². The number of rotatable bonds is 5. The molecule has 0 radical (unpaired) electrons. The van der Waals surface area contributed by atoms with E-state index in [1.807, 2.05) is 61.5 Å². The van der Waals surface area contributed by atoms with Crippen LogP contribution in [0.4, 0.5) is 16.2 Å². The van der Waals surface area contributed by atoms with Gasteiger partial charge < -0.3 is 20.4 Å². The van der Waals surface area contributed by atoms with Crippen LogP contribution >= 0.6 is 0 Å². The van der Waals surface area contributed by atoms with Crippen LogP contribution in [0.2, 0.25) is 0 Å². The Hall–Kier alpha value is -3.35. The number of piperidine rings is 1. The van der Waals surface area contributed by atoms with Gasteiger partial charge in [0.25, 0.3) is 5.91 Å². The van der Waals surface area contributed by atoms with Gasteiger partial charge in [0.15, 0.2) is 0 Å². The molecule has 0 spiro atoms. The summed E-state index contributed by atoms with van der Waals surface area (Å²) in [5.74, 6) is -0.250. The Balaban J connectivity index is 1.44. The molecule has 1 aliphatic rings. The third-order valence-corrected chi connectivity index (χ3v) is 4.65. The summed E-state index contributed by atoms with van der Waals surface area (Å²) in [4.78, 5) is 31.7. The molecule has 2 aromatic rings. The molecule has 3 amide bonds. The number of carbonyl (C=O) groups is 2. The van der Waals surface area contributed by atoms with Gasteiger partial charge in [-0.1, -0.05) is 35.5 Å². The van der Waals surface area contributed by atoms with Crippen LogP contribution in [0.15, 0.2) is 59.8 Å². The average molecular weight is 394 g/mol. The Labute approximate surface area is 170 Å². The number of anilines is 2. The molecule has 1 saturated heterocycles. The lowest BCUT2D eigenvalue weighted by Gasteiger charge is -2.27. The summed E-state index contributed by atoms with van der Waals surface area (Å²) < 4.78 is 0. The van der Waals surface area contributed by atoms with Crippen molar-refractivity contribution in [2.75, 3.05) is 23.7 Å². The molecule has 0 aromatic heterocycles. The van der Waals surface area contributed by atoms with E-state index in [1.165, 1.54) is 0 Å². The van der Waals surface area contributed by atoms with Gasteiger partial charge in [-0.25, -0.2) is 4.79 Å².